The monoisotopic (exact) mass is 229 g/mol. The molecular weight excluding hydrogens is 215 g/mol. The fourth-order valence-corrected chi connectivity index (χ4v) is 2.27. The maximum atomic E-state index is 12.8. The topological polar surface area (TPSA) is 26.0 Å². The molecule has 1 aliphatic rings. The van der Waals surface area contributed by atoms with Crippen LogP contribution in [0.4, 0.5) is 13.2 Å². The van der Waals surface area contributed by atoms with Gasteiger partial charge in [-0.3, -0.25) is 0 Å². The first-order chi connectivity index (χ1) is 7.49. The molecule has 0 spiro atoms. The summed E-state index contributed by atoms with van der Waals surface area (Å²) < 4.78 is 38.4. The van der Waals surface area contributed by atoms with Crippen LogP contribution >= 0.6 is 0 Å². The Bertz CT molecular complexity index is 380. The molecule has 2 rings (SSSR count). The maximum absolute atomic E-state index is 12.8. The summed E-state index contributed by atoms with van der Waals surface area (Å²) >= 11 is 0. The van der Waals surface area contributed by atoms with Crippen molar-refractivity contribution in [2.75, 3.05) is 6.54 Å². The number of alkyl halides is 3. The van der Waals surface area contributed by atoms with Crippen LogP contribution in [0.3, 0.4) is 0 Å². The minimum atomic E-state index is -4.26. The minimum Gasteiger partial charge on any atom is -0.330 e. The number of nitrogens with two attached hydrogens (primary N) is 1. The van der Waals surface area contributed by atoms with E-state index in [0.29, 0.717) is 18.5 Å². The first-order valence-electron chi connectivity index (χ1n) is 5.36. The molecule has 0 atom stereocenters. The molecule has 1 saturated carbocycles. The van der Waals surface area contributed by atoms with E-state index in [1.54, 1.807) is 12.1 Å². The minimum absolute atomic E-state index is 0.305. The molecule has 0 amide bonds. The van der Waals surface area contributed by atoms with Crippen molar-refractivity contribution in [2.45, 2.75) is 30.9 Å². The third-order valence-electron chi connectivity index (χ3n) is 3.28. The van der Waals surface area contributed by atoms with Gasteiger partial charge in [-0.2, -0.15) is 13.2 Å². The van der Waals surface area contributed by atoms with E-state index < -0.39 is 11.7 Å². The Morgan fingerprint density at radius 1 is 1.19 bits per heavy atom. The van der Waals surface area contributed by atoms with Crippen LogP contribution in [0.1, 0.15) is 30.4 Å². The molecule has 0 heterocycles. The molecule has 0 unspecified atom stereocenters. The van der Waals surface area contributed by atoms with Gasteiger partial charge < -0.3 is 5.73 Å². The second-order valence-electron chi connectivity index (χ2n) is 4.36. The van der Waals surface area contributed by atoms with Crippen LogP contribution in [0.15, 0.2) is 24.3 Å². The van der Waals surface area contributed by atoms with E-state index in [9.17, 15) is 13.2 Å². The molecule has 0 radical (unpaired) electrons. The molecule has 0 bridgehead atoms. The largest absolute Gasteiger partial charge is 0.416 e. The Morgan fingerprint density at radius 2 is 1.81 bits per heavy atom. The molecule has 1 nitrogen and oxygen atoms in total. The van der Waals surface area contributed by atoms with Gasteiger partial charge in [0.2, 0.25) is 0 Å². The fourth-order valence-electron chi connectivity index (χ4n) is 2.27. The van der Waals surface area contributed by atoms with Gasteiger partial charge in [0.25, 0.3) is 0 Å². The van der Waals surface area contributed by atoms with Crippen LogP contribution in [0.5, 0.6) is 0 Å². The highest BCUT2D eigenvalue weighted by molar-refractivity contribution is 5.40. The number of hydrogen-bond donors (Lipinski definition) is 1. The lowest BCUT2D eigenvalue weighted by Crippen LogP contribution is -2.19. The van der Waals surface area contributed by atoms with Gasteiger partial charge in [-0.05, 0) is 42.9 Å². The van der Waals surface area contributed by atoms with Crippen molar-refractivity contribution < 1.29 is 13.2 Å². The van der Waals surface area contributed by atoms with Crippen LogP contribution in [0.2, 0.25) is 0 Å². The summed E-state index contributed by atoms with van der Waals surface area (Å²) in [6.45, 7) is 0.437. The van der Waals surface area contributed by atoms with Crippen molar-refractivity contribution in [3.63, 3.8) is 0 Å². The third kappa shape index (κ3) is 1.94. The van der Waals surface area contributed by atoms with E-state index in [-0.39, 0.29) is 5.41 Å². The SMILES string of the molecule is NCCC1(c2ccccc2C(F)(F)F)CC1. The molecule has 16 heavy (non-hydrogen) atoms. The molecule has 4 heteroatoms. The Hall–Kier alpha value is -1.03. The Labute approximate surface area is 92.5 Å². The average molecular weight is 229 g/mol. The molecule has 0 aliphatic heterocycles. The first kappa shape index (κ1) is 11.5. The molecule has 1 aromatic carbocycles. The quantitative estimate of drug-likeness (QED) is 0.846. The second-order valence-corrected chi connectivity index (χ2v) is 4.36. The zero-order valence-electron chi connectivity index (χ0n) is 8.85. The van der Waals surface area contributed by atoms with Crippen molar-refractivity contribution in [1.82, 2.24) is 0 Å². The van der Waals surface area contributed by atoms with Gasteiger partial charge in [0.05, 0.1) is 5.56 Å². The van der Waals surface area contributed by atoms with Gasteiger partial charge in [-0.25, -0.2) is 0 Å². The zero-order chi connectivity index (χ0) is 11.8. The van der Waals surface area contributed by atoms with E-state index in [1.165, 1.54) is 6.07 Å². The van der Waals surface area contributed by atoms with E-state index in [0.717, 1.165) is 18.9 Å². The molecule has 1 fully saturated rings. The van der Waals surface area contributed by atoms with Crippen molar-refractivity contribution in [1.29, 1.82) is 0 Å². The molecule has 0 aromatic heterocycles. The second kappa shape index (κ2) is 3.77. The summed E-state index contributed by atoms with van der Waals surface area (Å²) in [6, 6.07) is 5.85. The lowest BCUT2D eigenvalue weighted by Gasteiger charge is -2.20. The summed E-state index contributed by atoms with van der Waals surface area (Å²) in [4.78, 5) is 0. The smallest absolute Gasteiger partial charge is 0.330 e. The molecule has 1 aromatic rings. The highest BCUT2D eigenvalue weighted by atomic mass is 19.4. The van der Waals surface area contributed by atoms with Crippen LogP contribution in [0, 0.1) is 0 Å². The van der Waals surface area contributed by atoms with Gasteiger partial charge in [0.15, 0.2) is 0 Å². The molecule has 0 saturated heterocycles. The van der Waals surface area contributed by atoms with Crippen LogP contribution in [-0.2, 0) is 11.6 Å². The van der Waals surface area contributed by atoms with Crippen LogP contribution < -0.4 is 5.73 Å². The summed E-state index contributed by atoms with van der Waals surface area (Å²) in [6.07, 6.45) is -1.99. The predicted molar refractivity (Wildman–Crippen MR) is 56.0 cm³/mol. The number of halogens is 3. The van der Waals surface area contributed by atoms with Crippen molar-refractivity contribution in [3.05, 3.63) is 35.4 Å². The van der Waals surface area contributed by atoms with E-state index in [1.807, 2.05) is 0 Å². The standard InChI is InChI=1S/C12H14F3N/c13-12(14,15)10-4-2-1-3-9(10)11(5-6-11)7-8-16/h1-4H,5-8,16H2. The van der Waals surface area contributed by atoms with E-state index in [4.69, 9.17) is 5.73 Å². The highest BCUT2D eigenvalue weighted by Gasteiger charge is 2.48. The van der Waals surface area contributed by atoms with Gasteiger partial charge in [0, 0.05) is 0 Å². The number of rotatable bonds is 3. The van der Waals surface area contributed by atoms with Gasteiger partial charge in [0.1, 0.15) is 0 Å². The summed E-state index contributed by atoms with van der Waals surface area (Å²) in [7, 11) is 0. The van der Waals surface area contributed by atoms with Crippen molar-refractivity contribution >= 4 is 0 Å². The van der Waals surface area contributed by atoms with Crippen molar-refractivity contribution in [2.24, 2.45) is 5.73 Å². The summed E-state index contributed by atoms with van der Waals surface area (Å²) in [5.74, 6) is 0. The van der Waals surface area contributed by atoms with Gasteiger partial charge in [-0.1, -0.05) is 18.2 Å². The lowest BCUT2D eigenvalue weighted by molar-refractivity contribution is -0.138. The third-order valence-corrected chi connectivity index (χ3v) is 3.28. The summed E-state index contributed by atoms with van der Waals surface area (Å²) in [5, 5.41) is 0. The lowest BCUT2D eigenvalue weighted by atomic mass is 9.88. The Morgan fingerprint density at radius 3 is 2.31 bits per heavy atom. The van der Waals surface area contributed by atoms with Gasteiger partial charge >= 0.3 is 6.18 Å². The fraction of sp³-hybridized carbons (Fsp3) is 0.500. The Kier molecular flexibility index (Phi) is 2.70. The molecule has 2 N–H and O–H groups in total. The average Bonchev–Trinajstić information content (AvgIpc) is 2.98. The molecule has 1 aliphatic carbocycles. The van der Waals surface area contributed by atoms with E-state index in [2.05, 4.69) is 0 Å². The Balaban J connectivity index is 2.41. The zero-order valence-corrected chi connectivity index (χ0v) is 8.85. The van der Waals surface area contributed by atoms with Crippen LogP contribution in [0.25, 0.3) is 0 Å². The molecular formula is C12H14F3N. The first-order valence-corrected chi connectivity index (χ1v) is 5.36. The van der Waals surface area contributed by atoms with E-state index >= 15 is 0 Å². The maximum Gasteiger partial charge on any atom is 0.416 e. The molecule has 88 valence electrons. The van der Waals surface area contributed by atoms with Gasteiger partial charge in [-0.15, -0.1) is 0 Å². The summed E-state index contributed by atoms with van der Waals surface area (Å²) in [5.41, 5.74) is 5.09. The normalized spacial score (nSPS) is 18.5. The number of hydrogen-bond acceptors (Lipinski definition) is 1. The highest BCUT2D eigenvalue weighted by Crippen LogP contribution is 2.53. The van der Waals surface area contributed by atoms with Crippen LogP contribution in [-0.4, -0.2) is 6.54 Å². The predicted octanol–water partition coefficient (Wildman–Crippen LogP) is 3.09. The number of benzene rings is 1. The van der Waals surface area contributed by atoms with Crippen molar-refractivity contribution in [3.8, 4) is 0 Å².